The molecule has 0 aliphatic carbocycles. The summed E-state index contributed by atoms with van der Waals surface area (Å²) in [6, 6.07) is 13.2. The minimum atomic E-state index is -1.21. The van der Waals surface area contributed by atoms with Crippen LogP contribution in [0.15, 0.2) is 48.5 Å². The minimum Gasteiger partial charge on any atom is -0.497 e. The van der Waals surface area contributed by atoms with Crippen LogP contribution in [0.5, 0.6) is 11.5 Å². The van der Waals surface area contributed by atoms with Crippen molar-refractivity contribution < 1.29 is 23.9 Å². The van der Waals surface area contributed by atoms with E-state index in [-0.39, 0.29) is 0 Å². The maximum absolute atomic E-state index is 12.9. The number of urea groups is 1. The molecule has 0 bridgehead atoms. The zero-order valence-corrected chi connectivity index (χ0v) is 15.8. The van der Waals surface area contributed by atoms with Crippen molar-refractivity contribution in [2.45, 2.75) is 12.5 Å². The average molecular weight is 383 g/mol. The van der Waals surface area contributed by atoms with E-state index in [2.05, 4.69) is 10.6 Å². The van der Waals surface area contributed by atoms with Crippen molar-refractivity contribution in [2.75, 3.05) is 26.1 Å². The first kappa shape index (κ1) is 19.2. The van der Waals surface area contributed by atoms with Gasteiger partial charge >= 0.3 is 6.03 Å². The summed E-state index contributed by atoms with van der Waals surface area (Å²) in [6.07, 6.45) is 0. The first-order valence-electron chi connectivity index (χ1n) is 8.60. The molecule has 0 unspecified atom stereocenters. The summed E-state index contributed by atoms with van der Waals surface area (Å²) in [6.45, 7) is 1.20. The Balaban J connectivity index is 1.74. The van der Waals surface area contributed by atoms with Gasteiger partial charge in [-0.1, -0.05) is 30.3 Å². The summed E-state index contributed by atoms with van der Waals surface area (Å²) < 4.78 is 10.4. The van der Waals surface area contributed by atoms with E-state index >= 15 is 0 Å². The van der Waals surface area contributed by atoms with Crippen LogP contribution in [0.4, 0.5) is 10.5 Å². The Bertz CT molecular complexity index is 915. The highest BCUT2D eigenvalue weighted by atomic mass is 16.5. The van der Waals surface area contributed by atoms with Gasteiger partial charge in [-0.3, -0.25) is 14.5 Å². The third kappa shape index (κ3) is 3.48. The molecule has 146 valence electrons. The van der Waals surface area contributed by atoms with Crippen LogP contribution in [0.2, 0.25) is 0 Å². The Morgan fingerprint density at radius 2 is 1.82 bits per heavy atom. The summed E-state index contributed by atoms with van der Waals surface area (Å²) in [7, 11) is 2.99. The molecule has 1 fully saturated rings. The molecule has 1 saturated heterocycles. The number of amides is 4. The number of anilines is 1. The molecule has 0 radical (unpaired) electrons. The van der Waals surface area contributed by atoms with Gasteiger partial charge in [0.15, 0.2) is 0 Å². The van der Waals surface area contributed by atoms with E-state index in [1.165, 1.54) is 14.2 Å². The highest BCUT2D eigenvalue weighted by molar-refractivity contribution is 6.10. The Labute approximate surface area is 162 Å². The van der Waals surface area contributed by atoms with Gasteiger partial charge in [-0.05, 0) is 24.6 Å². The van der Waals surface area contributed by atoms with Crippen LogP contribution in [0.1, 0.15) is 12.5 Å². The molecule has 0 aromatic heterocycles. The Morgan fingerprint density at radius 1 is 1.11 bits per heavy atom. The number of carbonyl (C=O) groups is 3. The number of hydrogen-bond acceptors (Lipinski definition) is 5. The number of benzene rings is 2. The molecule has 4 amide bonds. The van der Waals surface area contributed by atoms with Crippen molar-refractivity contribution in [1.29, 1.82) is 0 Å². The van der Waals surface area contributed by atoms with Crippen LogP contribution in [0, 0.1) is 0 Å². The van der Waals surface area contributed by atoms with Gasteiger partial charge in [-0.2, -0.15) is 0 Å². The molecule has 2 aromatic rings. The number of carbonyl (C=O) groups excluding carboxylic acids is 3. The largest absolute Gasteiger partial charge is 0.497 e. The topological polar surface area (TPSA) is 97.0 Å². The number of rotatable bonds is 6. The predicted molar refractivity (Wildman–Crippen MR) is 102 cm³/mol. The van der Waals surface area contributed by atoms with Crippen LogP contribution >= 0.6 is 0 Å². The second-order valence-corrected chi connectivity index (χ2v) is 6.43. The normalized spacial score (nSPS) is 18.6. The van der Waals surface area contributed by atoms with Gasteiger partial charge in [0, 0.05) is 6.07 Å². The van der Waals surface area contributed by atoms with Crippen molar-refractivity contribution in [1.82, 2.24) is 10.2 Å². The number of hydrogen-bond donors (Lipinski definition) is 2. The number of methoxy groups -OCH3 is 2. The quantitative estimate of drug-likeness (QED) is 0.745. The molecule has 2 N–H and O–H groups in total. The van der Waals surface area contributed by atoms with E-state index in [9.17, 15) is 14.4 Å². The molecule has 1 aliphatic rings. The lowest BCUT2D eigenvalue weighted by Crippen LogP contribution is -2.42. The first-order chi connectivity index (χ1) is 13.4. The molecule has 2 aromatic carbocycles. The molecule has 8 nitrogen and oxygen atoms in total. The smallest absolute Gasteiger partial charge is 0.325 e. The second kappa shape index (κ2) is 7.59. The van der Waals surface area contributed by atoms with E-state index in [1.807, 2.05) is 6.07 Å². The number of nitrogens with zero attached hydrogens (tertiary/aromatic N) is 1. The van der Waals surface area contributed by atoms with E-state index in [0.29, 0.717) is 22.7 Å². The third-order valence-corrected chi connectivity index (χ3v) is 4.61. The van der Waals surface area contributed by atoms with Gasteiger partial charge in [0.25, 0.3) is 5.91 Å². The van der Waals surface area contributed by atoms with Gasteiger partial charge in [0.1, 0.15) is 23.6 Å². The summed E-state index contributed by atoms with van der Waals surface area (Å²) in [5.41, 5.74) is -0.157. The summed E-state index contributed by atoms with van der Waals surface area (Å²) >= 11 is 0. The fourth-order valence-electron chi connectivity index (χ4n) is 3.04. The zero-order chi connectivity index (χ0) is 20.3. The molecular formula is C20H21N3O5. The molecular weight excluding hydrogens is 362 g/mol. The second-order valence-electron chi connectivity index (χ2n) is 6.43. The average Bonchev–Trinajstić information content (AvgIpc) is 2.93. The van der Waals surface area contributed by atoms with Crippen LogP contribution in [0.3, 0.4) is 0 Å². The lowest BCUT2D eigenvalue weighted by Gasteiger charge is -2.22. The molecule has 1 atom stereocenters. The Hall–Kier alpha value is -3.55. The van der Waals surface area contributed by atoms with Gasteiger partial charge in [0.2, 0.25) is 5.91 Å². The van der Waals surface area contributed by atoms with Crippen molar-refractivity contribution in [3.63, 3.8) is 0 Å². The standard InChI is InChI=1S/C20H21N3O5/c1-20(13-7-5-4-6-8-13)18(25)23(19(26)22-20)12-17(24)21-15-10-9-14(27-2)11-16(15)28-3/h4-11H,12H2,1-3H3,(H,21,24)(H,22,26)/t20-/m1/s1. The molecule has 3 rings (SSSR count). The SMILES string of the molecule is COc1ccc(NC(=O)CN2C(=O)N[C@](C)(c3ccccc3)C2=O)c(OC)c1. The van der Waals surface area contributed by atoms with E-state index in [1.54, 1.807) is 49.4 Å². The maximum Gasteiger partial charge on any atom is 0.325 e. The van der Waals surface area contributed by atoms with Crippen molar-refractivity contribution in [3.8, 4) is 11.5 Å². The molecule has 0 saturated carbocycles. The lowest BCUT2D eigenvalue weighted by atomic mass is 9.92. The molecule has 28 heavy (non-hydrogen) atoms. The van der Waals surface area contributed by atoms with Gasteiger partial charge in [-0.15, -0.1) is 0 Å². The van der Waals surface area contributed by atoms with E-state index in [0.717, 1.165) is 4.90 Å². The minimum absolute atomic E-state index is 0.402. The molecule has 8 heteroatoms. The van der Waals surface area contributed by atoms with Crippen molar-refractivity contribution in [3.05, 3.63) is 54.1 Å². The van der Waals surface area contributed by atoms with Gasteiger partial charge in [0.05, 0.1) is 19.9 Å². The van der Waals surface area contributed by atoms with Gasteiger partial charge in [-0.25, -0.2) is 4.79 Å². The van der Waals surface area contributed by atoms with Gasteiger partial charge < -0.3 is 20.1 Å². The zero-order valence-electron chi connectivity index (χ0n) is 15.8. The fraction of sp³-hybridized carbons (Fsp3) is 0.250. The summed E-state index contributed by atoms with van der Waals surface area (Å²) in [5.74, 6) is -0.0357. The number of imide groups is 1. The lowest BCUT2D eigenvalue weighted by molar-refractivity contribution is -0.133. The number of ether oxygens (including phenoxy) is 2. The highest BCUT2D eigenvalue weighted by Crippen LogP contribution is 2.30. The van der Waals surface area contributed by atoms with Crippen molar-refractivity contribution in [2.24, 2.45) is 0 Å². The third-order valence-electron chi connectivity index (χ3n) is 4.61. The van der Waals surface area contributed by atoms with Crippen LogP contribution in [0.25, 0.3) is 0 Å². The first-order valence-corrected chi connectivity index (χ1v) is 8.60. The summed E-state index contributed by atoms with van der Waals surface area (Å²) in [5, 5.41) is 5.32. The molecule has 1 heterocycles. The highest BCUT2D eigenvalue weighted by Gasteiger charge is 2.49. The summed E-state index contributed by atoms with van der Waals surface area (Å²) in [4.78, 5) is 38.6. The maximum atomic E-state index is 12.9. The predicted octanol–water partition coefficient (Wildman–Crippen LogP) is 2.11. The van der Waals surface area contributed by atoms with Crippen LogP contribution in [-0.2, 0) is 15.1 Å². The fourth-order valence-corrected chi connectivity index (χ4v) is 3.04. The van der Waals surface area contributed by atoms with Crippen LogP contribution < -0.4 is 20.1 Å². The van der Waals surface area contributed by atoms with Crippen molar-refractivity contribution >= 4 is 23.5 Å². The number of nitrogens with one attached hydrogen (secondary N) is 2. The monoisotopic (exact) mass is 383 g/mol. The Kier molecular flexibility index (Phi) is 5.21. The molecule has 1 aliphatic heterocycles. The van der Waals surface area contributed by atoms with E-state index in [4.69, 9.17) is 9.47 Å². The van der Waals surface area contributed by atoms with E-state index < -0.39 is 29.9 Å². The van der Waals surface area contributed by atoms with Crippen LogP contribution in [-0.4, -0.2) is 43.5 Å². The molecule has 0 spiro atoms. The Morgan fingerprint density at radius 3 is 2.46 bits per heavy atom.